The van der Waals surface area contributed by atoms with Gasteiger partial charge < -0.3 is 15.1 Å². The van der Waals surface area contributed by atoms with Crippen molar-refractivity contribution in [3.05, 3.63) is 78.0 Å². The summed E-state index contributed by atoms with van der Waals surface area (Å²) < 4.78 is 26.5. The molecule has 2 aliphatic rings. The highest BCUT2D eigenvalue weighted by Gasteiger charge is 2.35. The number of aromatic nitrogens is 2. The van der Waals surface area contributed by atoms with Crippen LogP contribution in [0.1, 0.15) is 28.8 Å². The maximum atomic E-state index is 13.2. The molecule has 0 atom stereocenters. The Balaban J connectivity index is 1.14. The van der Waals surface area contributed by atoms with Crippen LogP contribution >= 0.6 is 0 Å². The molecular weight excluding hydrogens is 490 g/mol. The van der Waals surface area contributed by atoms with Gasteiger partial charge in [0.25, 0.3) is 5.91 Å². The molecule has 2 saturated heterocycles. The Labute approximate surface area is 216 Å². The summed E-state index contributed by atoms with van der Waals surface area (Å²) in [5.41, 5.74) is 2.26. The molecule has 1 N–H and O–H groups in total. The van der Waals surface area contributed by atoms with Gasteiger partial charge in [0.2, 0.25) is 5.91 Å². The Morgan fingerprint density at radius 2 is 1.62 bits per heavy atom. The van der Waals surface area contributed by atoms with Crippen LogP contribution in [0.2, 0.25) is 0 Å². The Kier molecular flexibility index (Phi) is 6.92. The van der Waals surface area contributed by atoms with Gasteiger partial charge in [0.15, 0.2) is 15.7 Å². The van der Waals surface area contributed by atoms with Crippen molar-refractivity contribution in [1.29, 1.82) is 0 Å². The first-order chi connectivity index (χ1) is 17.8. The number of nitrogens with one attached hydrogen (secondary N) is 1. The van der Waals surface area contributed by atoms with Gasteiger partial charge in [0, 0.05) is 43.6 Å². The third-order valence-corrected chi connectivity index (χ3v) is 9.33. The lowest BCUT2D eigenvalue weighted by molar-refractivity contribution is -0.120. The molecule has 3 heterocycles. The van der Waals surface area contributed by atoms with E-state index in [9.17, 15) is 18.0 Å². The number of nitrogens with zero attached hydrogens (tertiary/aromatic N) is 4. The molecule has 0 bridgehead atoms. The molecular formula is C27H29N5O4S. The van der Waals surface area contributed by atoms with Crippen LogP contribution in [0.3, 0.4) is 0 Å². The first kappa shape index (κ1) is 24.9. The number of anilines is 2. The van der Waals surface area contributed by atoms with Crippen molar-refractivity contribution < 1.29 is 18.0 Å². The summed E-state index contributed by atoms with van der Waals surface area (Å²) >= 11 is 0. The van der Waals surface area contributed by atoms with Gasteiger partial charge in [-0.1, -0.05) is 17.7 Å². The predicted octanol–water partition coefficient (Wildman–Crippen LogP) is 2.94. The van der Waals surface area contributed by atoms with Gasteiger partial charge in [-0.3, -0.25) is 9.59 Å². The molecule has 0 unspecified atom stereocenters. The molecule has 5 rings (SSSR count). The van der Waals surface area contributed by atoms with Crippen molar-refractivity contribution in [3.63, 3.8) is 0 Å². The maximum Gasteiger partial charge on any atom is 0.253 e. The lowest BCUT2D eigenvalue weighted by Gasteiger charge is -2.38. The molecule has 192 valence electrons. The minimum absolute atomic E-state index is 0.0674. The fourth-order valence-corrected chi connectivity index (χ4v) is 6.44. The third kappa shape index (κ3) is 5.34. The van der Waals surface area contributed by atoms with Crippen LogP contribution in [-0.4, -0.2) is 66.8 Å². The maximum absolute atomic E-state index is 13.2. The zero-order chi connectivity index (χ0) is 26.0. The predicted molar refractivity (Wildman–Crippen MR) is 140 cm³/mol. The SMILES string of the molecule is Cc1ccc(C(=O)N2CCC(S(=O)(=O)c3ccc(NC(=O)C4CN(c5cccnn5)C4)cc3)CC2)cc1. The Hall–Kier alpha value is -3.79. The van der Waals surface area contributed by atoms with Crippen LogP contribution in [0.4, 0.5) is 11.5 Å². The number of sulfone groups is 1. The lowest BCUT2D eigenvalue weighted by Crippen LogP contribution is -2.52. The van der Waals surface area contributed by atoms with Crippen molar-refractivity contribution >= 4 is 33.2 Å². The van der Waals surface area contributed by atoms with E-state index in [1.807, 2.05) is 30.0 Å². The molecule has 37 heavy (non-hydrogen) atoms. The highest BCUT2D eigenvalue weighted by molar-refractivity contribution is 7.92. The summed E-state index contributed by atoms with van der Waals surface area (Å²) in [5, 5.41) is 10.2. The van der Waals surface area contributed by atoms with Gasteiger partial charge in [0.1, 0.15) is 0 Å². The number of rotatable bonds is 6. The number of hydrogen-bond acceptors (Lipinski definition) is 7. The van der Waals surface area contributed by atoms with Crippen LogP contribution in [0.25, 0.3) is 0 Å². The number of aryl methyl sites for hydroxylation is 1. The van der Waals surface area contributed by atoms with Crippen LogP contribution in [-0.2, 0) is 14.6 Å². The van der Waals surface area contributed by atoms with E-state index >= 15 is 0 Å². The molecule has 2 amide bonds. The number of carbonyl (C=O) groups is 2. The van der Waals surface area contributed by atoms with Crippen molar-refractivity contribution in [1.82, 2.24) is 15.1 Å². The summed E-state index contributed by atoms with van der Waals surface area (Å²) in [5.74, 6) is 0.397. The number of likely N-dealkylation sites (tertiary alicyclic amines) is 1. The van der Waals surface area contributed by atoms with E-state index in [1.165, 1.54) is 0 Å². The summed E-state index contributed by atoms with van der Waals surface area (Å²) in [6, 6.07) is 17.4. The van der Waals surface area contributed by atoms with Crippen molar-refractivity contribution in [2.24, 2.45) is 5.92 Å². The number of carbonyl (C=O) groups excluding carboxylic acids is 2. The molecule has 10 heteroatoms. The van der Waals surface area contributed by atoms with Gasteiger partial charge in [-0.2, -0.15) is 5.10 Å². The first-order valence-corrected chi connectivity index (χ1v) is 13.9. The quantitative estimate of drug-likeness (QED) is 0.533. The number of benzene rings is 2. The summed E-state index contributed by atoms with van der Waals surface area (Å²) in [4.78, 5) is 29.3. The van der Waals surface area contributed by atoms with E-state index < -0.39 is 15.1 Å². The molecule has 2 fully saturated rings. The fraction of sp³-hybridized carbons (Fsp3) is 0.333. The van der Waals surface area contributed by atoms with Crippen LogP contribution < -0.4 is 10.2 Å². The highest BCUT2D eigenvalue weighted by Crippen LogP contribution is 2.27. The van der Waals surface area contributed by atoms with Crippen molar-refractivity contribution in [2.45, 2.75) is 29.9 Å². The monoisotopic (exact) mass is 519 g/mol. The van der Waals surface area contributed by atoms with E-state index in [2.05, 4.69) is 15.5 Å². The molecule has 9 nitrogen and oxygen atoms in total. The average Bonchev–Trinajstić information content (AvgIpc) is 2.89. The van der Waals surface area contributed by atoms with E-state index in [4.69, 9.17) is 0 Å². The average molecular weight is 520 g/mol. The summed E-state index contributed by atoms with van der Waals surface area (Å²) in [7, 11) is -3.54. The minimum Gasteiger partial charge on any atom is -0.353 e. The van der Waals surface area contributed by atoms with E-state index in [0.717, 1.165) is 11.4 Å². The van der Waals surface area contributed by atoms with Gasteiger partial charge in [-0.15, -0.1) is 5.10 Å². The number of amides is 2. The number of hydrogen-bond donors (Lipinski definition) is 1. The van der Waals surface area contributed by atoms with Gasteiger partial charge in [-0.25, -0.2) is 8.42 Å². The highest BCUT2D eigenvalue weighted by atomic mass is 32.2. The Bertz CT molecular complexity index is 1360. The number of piperidine rings is 1. The molecule has 0 saturated carbocycles. The minimum atomic E-state index is -3.54. The first-order valence-electron chi connectivity index (χ1n) is 12.3. The largest absolute Gasteiger partial charge is 0.353 e. The smallest absolute Gasteiger partial charge is 0.253 e. The zero-order valence-corrected chi connectivity index (χ0v) is 21.4. The molecule has 0 spiro atoms. The lowest BCUT2D eigenvalue weighted by atomic mass is 9.99. The second kappa shape index (κ2) is 10.3. The Morgan fingerprint density at radius 1 is 0.946 bits per heavy atom. The zero-order valence-electron chi connectivity index (χ0n) is 20.6. The summed E-state index contributed by atoms with van der Waals surface area (Å²) in [6.07, 6.45) is 2.39. The van der Waals surface area contributed by atoms with E-state index in [1.54, 1.807) is 53.6 Å². The molecule has 0 aliphatic carbocycles. The van der Waals surface area contributed by atoms with Crippen LogP contribution in [0.5, 0.6) is 0 Å². The van der Waals surface area contributed by atoms with Crippen LogP contribution in [0.15, 0.2) is 71.8 Å². The topological polar surface area (TPSA) is 113 Å². The third-order valence-electron chi connectivity index (χ3n) is 7.05. The van der Waals surface area contributed by atoms with Crippen molar-refractivity contribution in [3.8, 4) is 0 Å². The van der Waals surface area contributed by atoms with Gasteiger partial charge >= 0.3 is 0 Å². The molecule has 0 radical (unpaired) electrons. The molecule has 1 aromatic heterocycles. The second-order valence-corrected chi connectivity index (χ2v) is 11.8. The van der Waals surface area contributed by atoms with E-state index in [-0.39, 0.29) is 22.6 Å². The normalized spacial score (nSPS) is 16.8. The molecule has 3 aromatic rings. The standard InChI is InChI=1S/C27H29N5O4S/c1-19-4-6-20(7-5-19)27(34)31-15-12-24(13-16-31)37(35,36)23-10-8-22(9-11-23)29-26(33)21-17-32(18-21)25-3-2-14-28-30-25/h2-11,14,21,24H,12-13,15-18H2,1H3,(H,29,33). The van der Waals surface area contributed by atoms with E-state index in [0.29, 0.717) is 50.3 Å². The van der Waals surface area contributed by atoms with Gasteiger partial charge in [0.05, 0.1) is 16.1 Å². The van der Waals surface area contributed by atoms with Crippen LogP contribution in [0, 0.1) is 12.8 Å². The molecule has 2 aromatic carbocycles. The summed E-state index contributed by atoms with van der Waals surface area (Å²) in [6.45, 7) is 3.88. The second-order valence-electron chi connectivity index (χ2n) is 9.60. The van der Waals surface area contributed by atoms with Gasteiger partial charge in [-0.05, 0) is 68.3 Å². The fourth-order valence-electron chi connectivity index (χ4n) is 4.71. The Morgan fingerprint density at radius 3 is 2.24 bits per heavy atom. The van der Waals surface area contributed by atoms with Crippen molar-refractivity contribution in [2.75, 3.05) is 36.4 Å². The molecule has 2 aliphatic heterocycles.